The second-order valence-corrected chi connectivity index (χ2v) is 5.88. The lowest BCUT2D eigenvalue weighted by Gasteiger charge is -2.27. The Morgan fingerprint density at radius 3 is 3.10 bits per heavy atom. The van der Waals surface area contributed by atoms with Crippen molar-refractivity contribution in [2.75, 3.05) is 6.54 Å². The largest absolute Gasteiger partial charge is 0.358 e. The third kappa shape index (κ3) is 2.42. The molecule has 4 heteroatoms. The predicted octanol–water partition coefficient (Wildman–Crippen LogP) is 3.90. The number of amides is 1. The monoisotopic (exact) mass is 290 g/mol. The van der Waals surface area contributed by atoms with Gasteiger partial charge in [-0.15, -0.1) is 0 Å². The Morgan fingerprint density at radius 2 is 2.30 bits per heavy atom. The normalized spacial score (nSPS) is 14.6. The van der Waals surface area contributed by atoms with Gasteiger partial charge in [-0.1, -0.05) is 24.9 Å². The first-order valence-corrected chi connectivity index (χ1v) is 7.63. The standard InChI is InChI=1S/C16H19ClN2O/c1-2-3-4-16(20)19-8-7-15-13(10-19)12-9-11(17)5-6-14(12)18-15/h5-6,9,18H,2-4,7-8,10H2,1H3. The van der Waals surface area contributed by atoms with Crippen molar-refractivity contribution >= 4 is 28.4 Å². The Hall–Kier alpha value is -1.48. The molecular formula is C16H19ClN2O. The first-order valence-electron chi connectivity index (χ1n) is 7.25. The zero-order chi connectivity index (χ0) is 14.1. The van der Waals surface area contributed by atoms with Gasteiger partial charge in [0.05, 0.1) is 0 Å². The topological polar surface area (TPSA) is 36.1 Å². The summed E-state index contributed by atoms with van der Waals surface area (Å²) in [4.78, 5) is 17.6. The van der Waals surface area contributed by atoms with E-state index in [0.717, 1.165) is 41.7 Å². The molecule has 1 aliphatic rings. The Bertz CT molecular complexity index is 647. The van der Waals surface area contributed by atoms with Crippen LogP contribution in [0.25, 0.3) is 10.9 Å². The Labute approximate surface area is 123 Å². The number of unbranched alkanes of at least 4 members (excludes halogenated alkanes) is 1. The quantitative estimate of drug-likeness (QED) is 0.914. The minimum Gasteiger partial charge on any atom is -0.358 e. The molecule has 0 saturated carbocycles. The minimum atomic E-state index is 0.272. The van der Waals surface area contributed by atoms with Crippen molar-refractivity contribution < 1.29 is 4.79 Å². The van der Waals surface area contributed by atoms with E-state index >= 15 is 0 Å². The first kappa shape index (κ1) is 13.5. The summed E-state index contributed by atoms with van der Waals surface area (Å²) in [6.07, 6.45) is 3.60. The Kier molecular flexibility index (Phi) is 3.70. The van der Waals surface area contributed by atoms with Gasteiger partial charge in [0, 0.05) is 53.1 Å². The van der Waals surface area contributed by atoms with Crippen LogP contribution in [0.4, 0.5) is 0 Å². The van der Waals surface area contributed by atoms with Crippen LogP contribution < -0.4 is 0 Å². The zero-order valence-electron chi connectivity index (χ0n) is 11.7. The highest BCUT2D eigenvalue weighted by atomic mass is 35.5. The molecule has 3 nitrogen and oxygen atoms in total. The molecule has 0 atom stereocenters. The van der Waals surface area contributed by atoms with Crippen LogP contribution in [0.2, 0.25) is 5.02 Å². The molecule has 0 bridgehead atoms. The number of nitrogens with zero attached hydrogens (tertiary/aromatic N) is 1. The molecule has 2 heterocycles. The lowest BCUT2D eigenvalue weighted by atomic mass is 10.0. The second-order valence-electron chi connectivity index (χ2n) is 5.44. The average molecular weight is 291 g/mol. The number of rotatable bonds is 3. The van der Waals surface area contributed by atoms with E-state index in [1.54, 1.807) is 0 Å². The maximum absolute atomic E-state index is 12.2. The summed E-state index contributed by atoms with van der Waals surface area (Å²) >= 11 is 6.09. The molecule has 2 aromatic rings. The maximum Gasteiger partial charge on any atom is 0.222 e. The summed E-state index contributed by atoms with van der Waals surface area (Å²) in [5.41, 5.74) is 3.60. The summed E-state index contributed by atoms with van der Waals surface area (Å²) in [5.74, 6) is 0.272. The van der Waals surface area contributed by atoms with Crippen molar-refractivity contribution in [3.8, 4) is 0 Å². The summed E-state index contributed by atoms with van der Waals surface area (Å²) in [6, 6.07) is 5.90. The number of fused-ring (bicyclic) bond motifs is 3. The smallest absolute Gasteiger partial charge is 0.222 e. The van der Waals surface area contributed by atoms with E-state index in [9.17, 15) is 4.79 Å². The Morgan fingerprint density at radius 1 is 1.45 bits per heavy atom. The van der Waals surface area contributed by atoms with Crippen molar-refractivity contribution in [3.05, 3.63) is 34.5 Å². The fraction of sp³-hybridized carbons (Fsp3) is 0.438. The number of carbonyl (C=O) groups is 1. The molecule has 1 aromatic carbocycles. The first-order chi connectivity index (χ1) is 9.69. The summed E-state index contributed by atoms with van der Waals surface area (Å²) < 4.78 is 0. The highest BCUT2D eigenvalue weighted by Gasteiger charge is 2.23. The maximum atomic E-state index is 12.2. The van der Waals surface area contributed by atoms with Crippen molar-refractivity contribution in [2.24, 2.45) is 0 Å². The van der Waals surface area contributed by atoms with Gasteiger partial charge in [-0.25, -0.2) is 0 Å². The van der Waals surface area contributed by atoms with E-state index in [1.165, 1.54) is 11.3 Å². The number of carbonyl (C=O) groups excluding carboxylic acids is 1. The molecular weight excluding hydrogens is 272 g/mol. The van der Waals surface area contributed by atoms with Crippen LogP contribution in [0.1, 0.15) is 37.4 Å². The summed E-state index contributed by atoms with van der Waals surface area (Å²) in [7, 11) is 0. The molecule has 1 aromatic heterocycles. The molecule has 1 aliphatic heterocycles. The van der Waals surface area contributed by atoms with Gasteiger partial charge in [0.25, 0.3) is 0 Å². The number of hydrogen-bond donors (Lipinski definition) is 1. The van der Waals surface area contributed by atoms with E-state index in [1.807, 2.05) is 23.1 Å². The van der Waals surface area contributed by atoms with Gasteiger partial charge in [0.15, 0.2) is 0 Å². The van der Waals surface area contributed by atoms with E-state index < -0.39 is 0 Å². The van der Waals surface area contributed by atoms with E-state index in [-0.39, 0.29) is 5.91 Å². The Balaban J connectivity index is 1.88. The fourth-order valence-electron chi connectivity index (χ4n) is 2.89. The van der Waals surface area contributed by atoms with Gasteiger partial charge >= 0.3 is 0 Å². The SMILES string of the molecule is CCCCC(=O)N1CCc2[nH]c3ccc(Cl)cc3c2C1. The molecule has 0 radical (unpaired) electrons. The number of aromatic nitrogens is 1. The van der Waals surface area contributed by atoms with Crippen LogP contribution in [-0.2, 0) is 17.8 Å². The molecule has 0 fully saturated rings. The molecule has 1 N–H and O–H groups in total. The zero-order valence-corrected chi connectivity index (χ0v) is 12.5. The van der Waals surface area contributed by atoms with Gasteiger partial charge in [-0.05, 0) is 24.6 Å². The van der Waals surface area contributed by atoms with Crippen LogP contribution in [0.5, 0.6) is 0 Å². The molecule has 3 rings (SSSR count). The van der Waals surface area contributed by atoms with E-state index in [4.69, 9.17) is 11.6 Å². The predicted molar refractivity (Wildman–Crippen MR) is 82.0 cm³/mol. The van der Waals surface area contributed by atoms with Crippen LogP contribution in [0.15, 0.2) is 18.2 Å². The third-order valence-corrected chi connectivity index (χ3v) is 4.27. The molecule has 106 valence electrons. The molecule has 1 amide bonds. The van der Waals surface area contributed by atoms with Crippen LogP contribution in [0.3, 0.4) is 0 Å². The van der Waals surface area contributed by atoms with Crippen molar-refractivity contribution in [1.82, 2.24) is 9.88 Å². The summed E-state index contributed by atoms with van der Waals surface area (Å²) in [5, 5.41) is 1.90. The van der Waals surface area contributed by atoms with Crippen LogP contribution in [0, 0.1) is 0 Å². The molecule has 0 aliphatic carbocycles. The number of benzene rings is 1. The number of nitrogens with one attached hydrogen (secondary N) is 1. The van der Waals surface area contributed by atoms with Crippen molar-refractivity contribution in [2.45, 2.75) is 39.2 Å². The van der Waals surface area contributed by atoms with Gasteiger partial charge in [0.1, 0.15) is 0 Å². The lowest BCUT2D eigenvalue weighted by molar-refractivity contribution is -0.132. The summed E-state index contributed by atoms with van der Waals surface area (Å²) in [6.45, 7) is 3.64. The van der Waals surface area contributed by atoms with Gasteiger partial charge in [-0.3, -0.25) is 4.79 Å². The average Bonchev–Trinajstić information content (AvgIpc) is 2.82. The number of halogens is 1. The third-order valence-electron chi connectivity index (χ3n) is 4.03. The number of aromatic amines is 1. The van der Waals surface area contributed by atoms with Crippen LogP contribution >= 0.6 is 11.6 Å². The minimum absolute atomic E-state index is 0.272. The molecule has 0 spiro atoms. The lowest BCUT2D eigenvalue weighted by Crippen LogP contribution is -2.35. The van der Waals surface area contributed by atoms with Gasteiger partial charge < -0.3 is 9.88 Å². The second kappa shape index (κ2) is 5.49. The number of H-pyrrole nitrogens is 1. The molecule has 20 heavy (non-hydrogen) atoms. The van der Waals surface area contributed by atoms with E-state index in [0.29, 0.717) is 13.0 Å². The number of hydrogen-bond acceptors (Lipinski definition) is 1. The highest BCUT2D eigenvalue weighted by Crippen LogP contribution is 2.30. The highest BCUT2D eigenvalue weighted by molar-refractivity contribution is 6.31. The van der Waals surface area contributed by atoms with Gasteiger partial charge in [0.2, 0.25) is 5.91 Å². The van der Waals surface area contributed by atoms with Crippen molar-refractivity contribution in [3.63, 3.8) is 0 Å². The molecule has 0 saturated heterocycles. The van der Waals surface area contributed by atoms with E-state index in [2.05, 4.69) is 11.9 Å². The molecule has 0 unspecified atom stereocenters. The van der Waals surface area contributed by atoms with Crippen molar-refractivity contribution in [1.29, 1.82) is 0 Å². The fourth-order valence-corrected chi connectivity index (χ4v) is 3.06. The van der Waals surface area contributed by atoms with Crippen LogP contribution in [-0.4, -0.2) is 22.3 Å². The van der Waals surface area contributed by atoms with Gasteiger partial charge in [-0.2, -0.15) is 0 Å².